The SMILES string of the molecule is CCCCC=CN([Si](C)(C)C)[Si](CC)(CC)CC. The van der Waals surface area contributed by atoms with Crippen molar-refractivity contribution >= 4 is 16.5 Å². The van der Waals surface area contributed by atoms with Crippen molar-refractivity contribution < 1.29 is 0 Å². The van der Waals surface area contributed by atoms with Crippen molar-refractivity contribution in [3.8, 4) is 0 Å². The molecule has 0 aliphatic heterocycles. The van der Waals surface area contributed by atoms with E-state index in [1.54, 1.807) is 0 Å². The molecule has 0 unspecified atom stereocenters. The monoisotopic (exact) mass is 285 g/mol. The predicted octanol–water partition coefficient (Wildman–Crippen LogP) is 5.83. The summed E-state index contributed by atoms with van der Waals surface area (Å²) in [5.41, 5.74) is 0. The van der Waals surface area contributed by atoms with Gasteiger partial charge in [0.25, 0.3) is 0 Å². The van der Waals surface area contributed by atoms with Gasteiger partial charge in [-0.15, -0.1) is 0 Å². The highest BCUT2D eigenvalue weighted by atomic mass is 28.4. The van der Waals surface area contributed by atoms with E-state index in [0.29, 0.717) is 0 Å². The molecule has 0 atom stereocenters. The molecule has 0 aromatic carbocycles. The predicted molar refractivity (Wildman–Crippen MR) is 91.0 cm³/mol. The Hall–Kier alpha value is -0.0262. The first-order valence-corrected chi connectivity index (χ1v) is 13.9. The molecule has 0 aromatic heterocycles. The summed E-state index contributed by atoms with van der Waals surface area (Å²) >= 11 is 0. The summed E-state index contributed by atoms with van der Waals surface area (Å²) in [6.07, 6.45) is 8.80. The van der Waals surface area contributed by atoms with Crippen LogP contribution in [0.2, 0.25) is 37.8 Å². The quantitative estimate of drug-likeness (QED) is 0.380. The molecule has 0 spiro atoms. The maximum absolute atomic E-state index is 2.88. The molecular formula is C15H35NSi2. The van der Waals surface area contributed by atoms with Crippen LogP contribution in [0.15, 0.2) is 12.3 Å². The highest BCUT2D eigenvalue weighted by Crippen LogP contribution is 2.30. The first-order valence-electron chi connectivity index (χ1n) is 7.84. The highest BCUT2D eigenvalue weighted by Gasteiger charge is 2.39. The number of rotatable bonds is 9. The minimum absolute atomic E-state index is 1.23. The van der Waals surface area contributed by atoms with E-state index in [1.165, 1.54) is 37.4 Å². The smallest absolute Gasteiger partial charge is 0.146 e. The van der Waals surface area contributed by atoms with Crippen molar-refractivity contribution in [3.63, 3.8) is 0 Å². The van der Waals surface area contributed by atoms with Crippen molar-refractivity contribution in [1.82, 2.24) is 4.23 Å². The van der Waals surface area contributed by atoms with Gasteiger partial charge in [-0.1, -0.05) is 66.3 Å². The Morgan fingerprint density at radius 1 is 0.889 bits per heavy atom. The van der Waals surface area contributed by atoms with E-state index in [1.807, 2.05) is 0 Å². The number of hydrogen-bond donors (Lipinski definition) is 0. The molecule has 0 rings (SSSR count). The second kappa shape index (κ2) is 8.21. The average molecular weight is 286 g/mol. The van der Waals surface area contributed by atoms with Gasteiger partial charge in [-0.2, -0.15) is 0 Å². The van der Waals surface area contributed by atoms with Crippen molar-refractivity contribution in [1.29, 1.82) is 0 Å². The first kappa shape index (κ1) is 18.0. The lowest BCUT2D eigenvalue weighted by molar-refractivity contribution is 0.760. The van der Waals surface area contributed by atoms with Crippen LogP contribution in [0.1, 0.15) is 47.0 Å². The zero-order valence-electron chi connectivity index (χ0n) is 13.8. The van der Waals surface area contributed by atoms with Crippen LogP contribution in [0.3, 0.4) is 0 Å². The van der Waals surface area contributed by atoms with Crippen LogP contribution in [-0.2, 0) is 0 Å². The van der Waals surface area contributed by atoms with E-state index < -0.39 is 16.5 Å². The summed E-state index contributed by atoms with van der Waals surface area (Å²) < 4.78 is 2.88. The Morgan fingerprint density at radius 2 is 1.39 bits per heavy atom. The third kappa shape index (κ3) is 4.92. The standard InChI is InChI=1S/C15H35NSi2/c1-8-12-13-14-15-16(17(5,6)7)18(9-2,10-3)11-4/h14-15H,8-13H2,1-7H3. The van der Waals surface area contributed by atoms with Gasteiger partial charge < -0.3 is 4.23 Å². The Balaban J connectivity index is 5.04. The Kier molecular flexibility index (Phi) is 8.19. The summed E-state index contributed by atoms with van der Waals surface area (Å²) in [5.74, 6) is 0. The van der Waals surface area contributed by atoms with Gasteiger partial charge in [-0.25, -0.2) is 0 Å². The molecule has 1 nitrogen and oxygen atoms in total. The van der Waals surface area contributed by atoms with E-state index >= 15 is 0 Å². The van der Waals surface area contributed by atoms with Gasteiger partial charge in [0.15, 0.2) is 0 Å². The lowest BCUT2D eigenvalue weighted by atomic mass is 10.2. The lowest BCUT2D eigenvalue weighted by Crippen LogP contribution is -2.59. The maximum Gasteiger partial charge on any atom is 0.146 e. The topological polar surface area (TPSA) is 3.24 Å². The highest BCUT2D eigenvalue weighted by molar-refractivity contribution is 6.91. The molecule has 0 aromatic rings. The molecule has 0 saturated heterocycles. The zero-order chi connectivity index (χ0) is 14.2. The van der Waals surface area contributed by atoms with Crippen LogP contribution in [0.25, 0.3) is 0 Å². The van der Waals surface area contributed by atoms with Crippen LogP contribution in [0.5, 0.6) is 0 Å². The minimum Gasteiger partial charge on any atom is -0.430 e. The molecule has 0 heterocycles. The van der Waals surface area contributed by atoms with Crippen LogP contribution in [-0.4, -0.2) is 20.7 Å². The summed E-state index contributed by atoms with van der Waals surface area (Å²) in [6.45, 7) is 17.0. The number of hydrogen-bond acceptors (Lipinski definition) is 1. The number of unbranched alkanes of at least 4 members (excludes halogenated alkanes) is 2. The molecule has 0 aliphatic carbocycles. The van der Waals surface area contributed by atoms with Crippen LogP contribution in [0, 0.1) is 0 Å². The fourth-order valence-electron chi connectivity index (χ4n) is 2.86. The van der Waals surface area contributed by atoms with E-state index in [2.05, 4.69) is 63.8 Å². The van der Waals surface area contributed by atoms with E-state index in [-0.39, 0.29) is 0 Å². The third-order valence-corrected chi connectivity index (χ3v) is 14.3. The second-order valence-corrected chi connectivity index (χ2v) is 16.7. The minimum atomic E-state index is -1.24. The molecule has 0 saturated carbocycles. The van der Waals surface area contributed by atoms with Gasteiger partial charge in [-0.05, 0) is 30.8 Å². The average Bonchev–Trinajstić information content (AvgIpc) is 2.33. The summed E-state index contributed by atoms with van der Waals surface area (Å²) in [5, 5.41) is 0. The van der Waals surface area contributed by atoms with Crippen molar-refractivity contribution in [3.05, 3.63) is 12.3 Å². The third-order valence-electron chi connectivity index (χ3n) is 4.19. The first-order chi connectivity index (χ1) is 8.37. The second-order valence-electron chi connectivity index (χ2n) is 6.35. The zero-order valence-corrected chi connectivity index (χ0v) is 15.8. The molecule has 0 N–H and O–H groups in total. The molecule has 0 radical (unpaired) electrons. The van der Waals surface area contributed by atoms with Gasteiger partial charge in [0.1, 0.15) is 16.5 Å². The Labute approximate surface area is 118 Å². The van der Waals surface area contributed by atoms with Crippen LogP contribution in [0.4, 0.5) is 0 Å². The number of nitrogens with zero attached hydrogens (tertiary/aromatic N) is 1. The van der Waals surface area contributed by atoms with Gasteiger partial charge in [-0.3, -0.25) is 0 Å². The van der Waals surface area contributed by atoms with Crippen LogP contribution < -0.4 is 0 Å². The summed E-state index contributed by atoms with van der Waals surface area (Å²) in [7, 11) is -2.47. The molecule has 0 aliphatic rings. The molecule has 0 amide bonds. The van der Waals surface area contributed by atoms with Gasteiger partial charge in [0.2, 0.25) is 0 Å². The van der Waals surface area contributed by atoms with Crippen LogP contribution >= 0.6 is 0 Å². The molecular weight excluding hydrogens is 250 g/mol. The molecule has 108 valence electrons. The molecule has 18 heavy (non-hydrogen) atoms. The van der Waals surface area contributed by atoms with Gasteiger partial charge in [0.05, 0.1) is 0 Å². The Morgan fingerprint density at radius 3 is 1.72 bits per heavy atom. The van der Waals surface area contributed by atoms with E-state index in [9.17, 15) is 0 Å². The Bertz CT molecular complexity index is 231. The van der Waals surface area contributed by atoms with E-state index in [4.69, 9.17) is 0 Å². The maximum atomic E-state index is 2.88. The van der Waals surface area contributed by atoms with Gasteiger partial charge >= 0.3 is 0 Å². The van der Waals surface area contributed by atoms with Gasteiger partial charge in [0, 0.05) is 0 Å². The fourth-order valence-corrected chi connectivity index (χ4v) is 13.5. The summed E-state index contributed by atoms with van der Waals surface area (Å²) in [6, 6.07) is 4.17. The molecule has 0 bridgehead atoms. The van der Waals surface area contributed by atoms with Crippen molar-refractivity contribution in [2.75, 3.05) is 0 Å². The van der Waals surface area contributed by atoms with Crippen molar-refractivity contribution in [2.24, 2.45) is 0 Å². The fraction of sp³-hybridized carbons (Fsp3) is 0.867. The largest absolute Gasteiger partial charge is 0.430 e. The summed E-state index contributed by atoms with van der Waals surface area (Å²) in [4.78, 5) is 0. The van der Waals surface area contributed by atoms with E-state index in [0.717, 1.165) is 0 Å². The van der Waals surface area contributed by atoms with Crippen molar-refractivity contribution in [2.45, 2.75) is 84.7 Å². The molecule has 0 fully saturated rings. The normalized spacial score (nSPS) is 13.3. The molecule has 3 heteroatoms. The number of allylic oxidation sites excluding steroid dienone is 1. The lowest BCUT2D eigenvalue weighted by Gasteiger charge is -2.48.